The summed E-state index contributed by atoms with van der Waals surface area (Å²) in [4.78, 5) is 31.3. The molecule has 3 N–H and O–H groups in total. The average Bonchev–Trinajstić information content (AvgIpc) is 3.26. The first kappa shape index (κ1) is 23.3. The molecule has 0 bridgehead atoms. The summed E-state index contributed by atoms with van der Waals surface area (Å²) in [6.07, 6.45) is 1.53. The van der Waals surface area contributed by atoms with Gasteiger partial charge in [0.2, 0.25) is 0 Å². The maximum absolute atomic E-state index is 13.1. The van der Waals surface area contributed by atoms with E-state index in [9.17, 15) is 23.3 Å². The first-order chi connectivity index (χ1) is 16.2. The number of H-pyrrole nitrogens is 1. The monoisotopic (exact) mass is 480 g/mol. The number of piperazine rings is 1. The minimum absolute atomic E-state index is 0.0851. The zero-order chi connectivity index (χ0) is 24.5. The van der Waals surface area contributed by atoms with E-state index in [1.165, 1.54) is 35.4 Å². The maximum atomic E-state index is 13.1. The summed E-state index contributed by atoms with van der Waals surface area (Å²) >= 11 is 0. The normalized spacial score (nSPS) is 14.6. The molecule has 3 aromatic rings. The topological polar surface area (TPSA) is 138 Å². The van der Waals surface area contributed by atoms with E-state index in [1.807, 2.05) is 14.0 Å². The molecule has 1 aromatic heterocycles. The van der Waals surface area contributed by atoms with Crippen molar-refractivity contribution >= 4 is 44.1 Å². The van der Waals surface area contributed by atoms with Crippen LogP contribution in [0.4, 0.5) is 11.4 Å². The molecule has 11 heteroatoms. The fraction of sp³-hybridized carbons (Fsp3) is 0.261. The highest BCUT2D eigenvalue weighted by Crippen LogP contribution is 2.30. The van der Waals surface area contributed by atoms with Crippen molar-refractivity contribution in [2.75, 3.05) is 43.3 Å². The molecule has 2 aromatic carbocycles. The molecule has 4 rings (SSSR count). The zero-order valence-corrected chi connectivity index (χ0v) is 19.6. The maximum Gasteiger partial charge on any atom is 0.313 e. The van der Waals surface area contributed by atoms with E-state index in [2.05, 4.69) is 26.0 Å². The zero-order valence-electron chi connectivity index (χ0n) is 18.8. The van der Waals surface area contributed by atoms with Crippen molar-refractivity contribution in [3.8, 4) is 6.07 Å². The van der Waals surface area contributed by atoms with Crippen molar-refractivity contribution in [3.63, 3.8) is 0 Å². The summed E-state index contributed by atoms with van der Waals surface area (Å²) in [6.45, 7) is 4.12. The fourth-order valence-corrected chi connectivity index (χ4v) is 4.99. The Morgan fingerprint density at radius 3 is 2.56 bits per heavy atom. The third-order valence-electron chi connectivity index (χ3n) is 5.80. The van der Waals surface area contributed by atoms with Crippen molar-refractivity contribution in [1.82, 2.24) is 14.8 Å². The van der Waals surface area contributed by atoms with Gasteiger partial charge in [-0.25, -0.2) is 8.42 Å². The van der Waals surface area contributed by atoms with Crippen LogP contribution in [-0.4, -0.2) is 68.2 Å². The molecule has 0 atom stereocenters. The number of carbonyl (C=O) groups is 2. The third kappa shape index (κ3) is 4.59. The second kappa shape index (κ2) is 9.17. The second-order valence-electron chi connectivity index (χ2n) is 8.18. The SMILES string of the molecule is Cc1ccc(NS(=O)(=O)c2cccc(NC(=O)C(=O)N3CCN(C)CC3)c2)c2[nH]cc(C#N)c12. The smallest absolute Gasteiger partial charge is 0.313 e. The number of anilines is 2. The number of nitrogens with zero attached hydrogens (tertiary/aromatic N) is 3. The molecule has 176 valence electrons. The van der Waals surface area contributed by atoms with Crippen LogP contribution in [0.15, 0.2) is 47.5 Å². The molecule has 0 spiro atoms. The molecule has 1 aliphatic heterocycles. The molecule has 0 unspecified atom stereocenters. The standard InChI is InChI=1S/C23H24N6O4S/c1-15-6-7-19(21-20(15)16(13-24)14-25-21)27-34(32,33)18-5-3-4-17(12-18)26-22(30)23(31)29-10-8-28(2)9-11-29/h3-7,12,14,25,27H,8-11H2,1-2H3,(H,26,30). The lowest BCUT2D eigenvalue weighted by Crippen LogP contribution is -2.50. The van der Waals surface area contributed by atoms with E-state index >= 15 is 0 Å². The van der Waals surface area contributed by atoms with Gasteiger partial charge in [0.05, 0.1) is 21.7 Å². The highest BCUT2D eigenvalue weighted by molar-refractivity contribution is 7.92. The van der Waals surface area contributed by atoms with E-state index in [-0.39, 0.29) is 10.6 Å². The van der Waals surface area contributed by atoms with Gasteiger partial charge >= 0.3 is 11.8 Å². The highest BCUT2D eigenvalue weighted by atomic mass is 32.2. The number of hydrogen-bond acceptors (Lipinski definition) is 6. The van der Waals surface area contributed by atoms with Gasteiger partial charge in [-0.1, -0.05) is 12.1 Å². The Balaban J connectivity index is 1.53. The molecular weight excluding hydrogens is 456 g/mol. The Morgan fingerprint density at radius 1 is 1.12 bits per heavy atom. The van der Waals surface area contributed by atoms with Crippen LogP contribution < -0.4 is 10.0 Å². The molecule has 34 heavy (non-hydrogen) atoms. The van der Waals surface area contributed by atoms with Gasteiger partial charge in [0, 0.05) is 43.4 Å². The highest BCUT2D eigenvalue weighted by Gasteiger charge is 2.25. The van der Waals surface area contributed by atoms with E-state index in [1.54, 1.807) is 12.1 Å². The van der Waals surface area contributed by atoms with Crippen LogP contribution >= 0.6 is 0 Å². The van der Waals surface area contributed by atoms with Crippen molar-refractivity contribution in [1.29, 1.82) is 5.26 Å². The number of hydrogen-bond donors (Lipinski definition) is 3. The minimum atomic E-state index is -4.03. The van der Waals surface area contributed by atoms with Gasteiger partial charge in [-0.3, -0.25) is 14.3 Å². The van der Waals surface area contributed by atoms with E-state index in [4.69, 9.17) is 0 Å². The second-order valence-corrected chi connectivity index (χ2v) is 9.86. The van der Waals surface area contributed by atoms with Crippen LogP contribution in [0.2, 0.25) is 0 Å². The molecule has 2 amide bonds. The van der Waals surface area contributed by atoms with Crippen molar-refractivity contribution in [2.45, 2.75) is 11.8 Å². The molecule has 10 nitrogen and oxygen atoms in total. The minimum Gasteiger partial charge on any atom is -0.358 e. The molecule has 1 fully saturated rings. The first-order valence-corrected chi connectivity index (χ1v) is 12.1. The molecule has 0 saturated carbocycles. The summed E-state index contributed by atoms with van der Waals surface area (Å²) in [5.41, 5.74) is 2.24. The van der Waals surface area contributed by atoms with Crippen molar-refractivity contribution in [3.05, 3.63) is 53.7 Å². The predicted octanol–water partition coefficient (Wildman–Crippen LogP) is 1.86. The Morgan fingerprint density at radius 2 is 1.85 bits per heavy atom. The van der Waals surface area contributed by atoms with Crippen LogP contribution in [-0.2, 0) is 19.6 Å². The first-order valence-electron chi connectivity index (χ1n) is 10.6. The Labute approximate surface area is 197 Å². The van der Waals surface area contributed by atoms with Crippen LogP contribution in [0.3, 0.4) is 0 Å². The van der Waals surface area contributed by atoms with Gasteiger partial charge in [0.1, 0.15) is 6.07 Å². The van der Waals surface area contributed by atoms with Gasteiger partial charge in [-0.15, -0.1) is 0 Å². The lowest BCUT2D eigenvalue weighted by atomic mass is 10.1. The van der Waals surface area contributed by atoms with Crippen LogP contribution in [0, 0.1) is 18.3 Å². The quantitative estimate of drug-likeness (QED) is 0.487. The summed E-state index contributed by atoms with van der Waals surface area (Å²) in [5.74, 6) is -1.47. The predicted molar refractivity (Wildman–Crippen MR) is 128 cm³/mol. The molecular formula is C23H24N6O4S. The van der Waals surface area contributed by atoms with Crippen LogP contribution in [0.5, 0.6) is 0 Å². The molecule has 0 aliphatic carbocycles. The number of fused-ring (bicyclic) bond motifs is 1. The molecule has 2 heterocycles. The number of amides is 2. The Hall–Kier alpha value is -3.88. The number of rotatable bonds is 4. The number of carbonyl (C=O) groups excluding carboxylic acids is 2. The summed E-state index contributed by atoms with van der Waals surface area (Å²) in [5, 5.41) is 12.5. The number of nitrogens with one attached hydrogen (secondary N) is 3. The summed E-state index contributed by atoms with van der Waals surface area (Å²) in [7, 11) is -2.08. The van der Waals surface area contributed by atoms with Crippen molar-refractivity contribution < 1.29 is 18.0 Å². The van der Waals surface area contributed by atoms with Gasteiger partial charge in [-0.2, -0.15) is 5.26 Å². The lowest BCUT2D eigenvalue weighted by molar-refractivity contribution is -0.144. The Kier molecular flexibility index (Phi) is 6.28. The van der Waals surface area contributed by atoms with Crippen molar-refractivity contribution in [2.24, 2.45) is 0 Å². The average molecular weight is 481 g/mol. The summed E-state index contributed by atoms with van der Waals surface area (Å²) in [6, 6.07) is 11.1. The number of sulfonamides is 1. The van der Waals surface area contributed by atoms with Gasteiger partial charge in [-0.05, 0) is 43.8 Å². The largest absolute Gasteiger partial charge is 0.358 e. The lowest BCUT2D eigenvalue weighted by Gasteiger charge is -2.31. The third-order valence-corrected chi connectivity index (χ3v) is 7.16. The number of nitriles is 1. The molecule has 1 saturated heterocycles. The molecule has 1 aliphatic rings. The molecule has 0 radical (unpaired) electrons. The van der Waals surface area contributed by atoms with Crippen LogP contribution in [0.1, 0.15) is 11.1 Å². The van der Waals surface area contributed by atoms with Gasteiger partial charge in [0.15, 0.2) is 0 Å². The van der Waals surface area contributed by atoms with Gasteiger partial charge < -0.3 is 20.1 Å². The number of aromatic amines is 1. The van der Waals surface area contributed by atoms with E-state index < -0.39 is 21.8 Å². The van der Waals surface area contributed by atoms with Gasteiger partial charge in [0.25, 0.3) is 10.0 Å². The summed E-state index contributed by atoms with van der Waals surface area (Å²) < 4.78 is 28.7. The number of aryl methyl sites for hydroxylation is 1. The van der Waals surface area contributed by atoms with E-state index in [0.717, 1.165) is 5.56 Å². The number of aromatic nitrogens is 1. The Bertz CT molecular complexity index is 1410. The van der Waals surface area contributed by atoms with Crippen LogP contribution in [0.25, 0.3) is 10.9 Å². The fourth-order valence-electron chi connectivity index (χ4n) is 3.88. The number of likely N-dealkylation sites (N-methyl/N-ethyl adjacent to an activating group) is 1. The number of benzene rings is 2. The van der Waals surface area contributed by atoms with E-state index in [0.29, 0.717) is 48.3 Å².